The Balaban J connectivity index is 2.16. The molecule has 1 aromatic carbocycles. The minimum Gasteiger partial charge on any atom is -0.367 e. The lowest BCUT2D eigenvalue weighted by atomic mass is 10.1. The fourth-order valence-electron chi connectivity index (χ4n) is 2.11. The molecule has 94 valence electrons. The van der Waals surface area contributed by atoms with E-state index in [-0.39, 0.29) is 11.9 Å². The molecule has 1 aliphatic rings. The Hall–Kier alpha value is -1.13. The molecule has 1 heterocycles. The number of halogens is 1. The number of anilines is 1. The second-order valence-electron chi connectivity index (χ2n) is 4.79. The third-order valence-corrected chi connectivity index (χ3v) is 3.34. The average Bonchev–Trinajstić information content (AvgIpc) is 2.30. The number of hydrogen-bond acceptors (Lipinski definition) is 3. The van der Waals surface area contributed by atoms with E-state index in [1.807, 2.05) is 19.1 Å². The van der Waals surface area contributed by atoms with Gasteiger partial charge in [0.1, 0.15) is 5.82 Å². The molecule has 0 amide bonds. The Morgan fingerprint density at radius 1 is 1.24 bits per heavy atom. The third kappa shape index (κ3) is 2.76. The Kier molecular flexibility index (Phi) is 3.64. The molecular formula is C13H20FN3. The van der Waals surface area contributed by atoms with Crippen LogP contribution in [0, 0.1) is 5.82 Å². The van der Waals surface area contributed by atoms with Gasteiger partial charge in [-0.2, -0.15) is 0 Å². The first kappa shape index (κ1) is 12.3. The summed E-state index contributed by atoms with van der Waals surface area (Å²) in [5.74, 6) is -0.163. The number of piperazine rings is 1. The molecular weight excluding hydrogens is 217 g/mol. The predicted octanol–water partition coefficient (Wildman–Crippen LogP) is 1.60. The summed E-state index contributed by atoms with van der Waals surface area (Å²) < 4.78 is 14.0. The monoisotopic (exact) mass is 237 g/mol. The van der Waals surface area contributed by atoms with Crippen LogP contribution in [0.2, 0.25) is 0 Å². The number of nitrogens with zero attached hydrogens (tertiary/aromatic N) is 2. The highest BCUT2D eigenvalue weighted by Gasteiger charge is 2.17. The van der Waals surface area contributed by atoms with Crippen LogP contribution in [0.3, 0.4) is 0 Å². The zero-order valence-corrected chi connectivity index (χ0v) is 10.5. The van der Waals surface area contributed by atoms with E-state index in [1.54, 1.807) is 6.07 Å². The zero-order valence-electron chi connectivity index (χ0n) is 10.5. The zero-order chi connectivity index (χ0) is 12.4. The molecule has 1 aliphatic heterocycles. The first-order valence-electron chi connectivity index (χ1n) is 6.06. The fraction of sp³-hybridized carbons (Fsp3) is 0.538. The van der Waals surface area contributed by atoms with E-state index in [9.17, 15) is 4.39 Å². The average molecular weight is 237 g/mol. The van der Waals surface area contributed by atoms with Crippen molar-refractivity contribution in [2.45, 2.75) is 13.0 Å². The Morgan fingerprint density at radius 3 is 2.41 bits per heavy atom. The minimum absolute atomic E-state index is 0.119. The third-order valence-electron chi connectivity index (χ3n) is 3.34. The van der Waals surface area contributed by atoms with Crippen molar-refractivity contribution in [2.24, 2.45) is 5.73 Å². The van der Waals surface area contributed by atoms with Gasteiger partial charge in [0.25, 0.3) is 0 Å². The Bertz CT molecular complexity index is 384. The normalized spacial score (nSPS) is 19.4. The minimum atomic E-state index is -0.163. The van der Waals surface area contributed by atoms with Crippen LogP contribution in [0.15, 0.2) is 18.2 Å². The van der Waals surface area contributed by atoms with E-state index < -0.39 is 0 Å². The molecule has 1 fully saturated rings. The van der Waals surface area contributed by atoms with Gasteiger partial charge < -0.3 is 15.5 Å². The van der Waals surface area contributed by atoms with E-state index >= 15 is 0 Å². The van der Waals surface area contributed by atoms with Crippen LogP contribution in [0.1, 0.15) is 18.5 Å². The van der Waals surface area contributed by atoms with E-state index in [1.165, 1.54) is 0 Å². The van der Waals surface area contributed by atoms with Gasteiger partial charge in [0, 0.05) is 32.2 Å². The molecule has 0 radical (unpaired) electrons. The number of nitrogens with two attached hydrogens (primary N) is 1. The molecule has 1 unspecified atom stereocenters. The van der Waals surface area contributed by atoms with Crippen molar-refractivity contribution in [3.63, 3.8) is 0 Å². The van der Waals surface area contributed by atoms with Crippen molar-refractivity contribution in [2.75, 3.05) is 38.1 Å². The number of rotatable bonds is 2. The topological polar surface area (TPSA) is 32.5 Å². The van der Waals surface area contributed by atoms with Gasteiger partial charge in [-0.15, -0.1) is 0 Å². The van der Waals surface area contributed by atoms with Gasteiger partial charge in [0.05, 0.1) is 5.69 Å². The van der Waals surface area contributed by atoms with Gasteiger partial charge in [0.2, 0.25) is 0 Å². The van der Waals surface area contributed by atoms with Crippen molar-refractivity contribution in [1.29, 1.82) is 0 Å². The Labute approximate surface area is 102 Å². The summed E-state index contributed by atoms with van der Waals surface area (Å²) in [5, 5.41) is 0. The van der Waals surface area contributed by atoms with Crippen LogP contribution in [-0.4, -0.2) is 38.1 Å². The smallest absolute Gasteiger partial charge is 0.146 e. The summed E-state index contributed by atoms with van der Waals surface area (Å²) in [7, 11) is 2.09. The fourth-order valence-corrected chi connectivity index (χ4v) is 2.11. The SMILES string of the molecule is CC(N)c1ccc(N2CCN(C)CC2)c(F)c1. The van der Waals surface area contributed by atoms with Gasteiger partial charge in [-0.05, 0) is 31.7 Å². The summed E-state index contributed by atoms with van der Waals surface area (Å²) in [6.45, 7) is 5.59. The lowest BCUT2D eigenvalue weighted by molar-refractivity contribution is 0.311. The molecule has 0 aromatic heterocycles. The standard InChI is InChI=1S/C13H20FN3/c1-10(15)11-3-4-13(12(14)9-11)17-7-5-16(2)6-8-17/h3-4,9-10H,5-8,15H2,1-2H3. The van der Waals surface area contributed by atoms with Crippen molar-refractivity contribution in [3.8, 4) is 0 Å². The molecule has 1 saturated heterocycles. The predicted molar refractivity (Wildman–Crippen MR) is 68.7 cm³/mol. The first-order chi connectivity index (χ1) is 8.08. The maximum absolute atomic E-state index is 14.0. The van der Waals surface area contributed by atoms with E-state index in [2.05, 4.69) is 16.8 Å². The highest BCUT2D eigenvalue weighted by atomic mass is 19.1. The van der Waals surface area contributed by atoms with Gasteiger partial charge >= 0.3 is 0 Å². The summed E-state index contributed by atoms with van der Waals surface area (Å²) in [6.07, 6.45) is 0. The first-order valence-corrected chi connectivity index (χ1v) is 6.06. The summed E-state index contributed by atoms with van der Waals surface area (Å²) in [6, 6.07) is 5.20. The van der Waals surface area contributed by atoms with Crippen LogP contribution >= 0.6 is 0 Å². The molecule has 0 saturated carbocycles. The lowest BCUT2D eigenvalue weighted by Gasteiger charge is -2.34. The second kappa shape index (κ2) is 5.02. The molecule has 17 heavy (non-hydrogen) atoms. The summed E-state index contributed by atoms with van der Waals surface area (Å²) >= 11 is 0. The van der Waals surface area contributed by atoms with Crippen LogP contribution in [0.4, 0.5) is 10.1 Å². The van der Waals surface area contributed by atoms with E-state index in [4.69, 9.17) is 5.73 Å². The largest absolute Gasteiger partial charge is 0.367 e. The summed E-state index contributed by atoms with van der Waals surface area (Å²) in [4.78, 5) is 4.35. The number of hydrogen-bond donors (Lipinski definition) is 1. The van der Waals surface area contributed by atoms with Crippen molar-refractivity contribution >= 4 is 5.69 Å². The molecule has 1 aromatic rings. The molecule has 0 bridgehead atoms. The molecule has 0 spiro atoms. The van der Waals surface area contributed by atoms with E-state index in [0.717, 1.165) is 31.7 Å². The van der Waals surface area contributed by atoms with Crippen molar-refractivity contribution in [3.05, 3.63) is 29.6 Å². The molecule has 2 rings (SSSR count). The number of likely N-dealkylation sites (N-methyl/N-ethyl adjacent to an activating group) is 1. The molecule has 2 N–H and O–H groups in total. The Morgan fingerprint density at radius 2 is 1.88 bits per heavy atom. The van der Waals surface area contributed by atoms with E-state index in [0.29, 0.717) is 5.69 Å². The van der Waals surface area contributed by atoms with Crippen LogP contribution < -0.4 is 10.6 Å². The maximum Gasteiger partial charge on any atom is 0.146 e. The van der Waals surface area contributed by atoms with Crippen molar-refractivity contribution in [1.82, 2.24) is 4.90 Å². The summed E-state index contributed by atoms with van der Waals surface area (Å²) in [5.41, 5.74) is 7.29. The highest BCUT2D eigenvalue weighted by Crippen LogP contribution is 2.23. The molecule has 0 aliphatic carbocycles. The van der Waals surface area contributed by atoms with Gasteiger partial charge in [-0.25, -0.2) is 4.39 Å². The van der Waals surface area contributed by atoms with Crippen molar-refractivity contribution < 1.29 is 4.39 Å². The maximum atomic E-state index is 14.0. The van der Waals surface area contributed by atoms with Gasteiger partial charge in [0.15, 0.2) is 0 Å². The van der Waals surface area contributed by atoms with Crippen LogP contribution in [-0.2, 0) is 0 Å². The van der Waals surface area contributed by atoms with Crippen LogP contribution in [0.5, 0.6) is 0 Å². The quantitative estimate of drug-likeness (QED) is 0.848. The second-order valence-corrected chi connectivity index (χ2v) is 4.79. The van der Waals surface area contributed by atoms with Gasteiger partial charge in [-0.3, -0.25) is 0 Å². The van der Waals surface area contributed by atoms with Crippen LogP contribution in [0.25, 0.3) is 0 Å². The highest BCUT2D eigenvalue weighted by molar-refractivity contribution is 5.50. The van der Waals surface area contributed by atoms with Gasteiger partial charge in [-0.1, -0.05) is 6.07 Å². The molecule has 1 atom stereocenters. The lowest BCUT2D eigenvalue weighted by Crippen LogP contribution is -2.44. The number of benzene rings is 1. The molecule has 4 heteroatoms. The molecule has 3 nitrogen and oxygen atoms in total.